The van der Waals surface area contributed by atoms with Crippen LogP contribution in [0.4, 0.5) is 0 Å². The molecule has 1 aromatic carbocycles. The summed E-state index contributed by atoms with van der Waals surface area (Å²) in [4.78, 5) is 11.8. The molecule has 3 aromatic rings. The molecule has 0 saturated heterocycles. The average molecular weight is 282 g/mol. The number of aromatic amines is 1. The number of rotatable bonds is 6. The van der Waals surface area contributed by atoms with E-state index in [2.05, 4.69) is 20.3 Å². The number of H-pyrrole nitrogens is 1. The van der Waals surface area contributed by atoms with Crippen molar-refractivity contribution in [1.29, 1.82) is 0 Å². The first kappa shape index (κ1) is 13.6. The van der Waals surface area contributed by atoms with E-state index in [1.165, 1.54) is 0 Å². The number of hydrogen-bond donors (Lipinski definition) is 2. The van der Waals surface area contributed by atoms with Crippen LogP contribution in [0.3, 0.4) is 0 Å². The normalized spacial score (nSPS) is 10.9. The van der Waals surface area contributed by atoms with E-state index in [1.807, 2.05) is 43.5 Å². The van der Waals surface area contributed by atoms with Crippen LogP contribution in [0.1, 0.15) is 11.5 Å². The molecule has 21 heavy (non-hydrogen) atoms. The molecule has 0 aliphatic rings. The lowest BCUT2D eigenvalue weighted by atomic mass is 10.2. The third-order valence-electron chi connectivity index (χ3n) is 3.18. The van der Waals surface area contributed by atoms with Crippen LogP contribution in [-0.2, 0) is 6.54 Å². The van der Waals surface area contributed by atoms with E-state index in [1.54, 1.807) is 6.20 Å². The van der Waals surface area contributed by atoms with Gasteiger partial charge in [-0.3, -0.25) is 4.98 Å². The Morgan fingerprint density at radius 1 is 1.19 bits per heavy atom. The molecule has 0 radical (unpaired) electrons. The Kier molecular flexibility index (Phi) is 4.12. The van der Waals surface area contributed by atoms with Crippen molar-refractivity contribution in [2.45, 2.75) is 13.5 Å². The van der Waals surface area contributed by atoms with Crippen LogP contribution in [-0.4, -0.2) is 28.1 Å². The number of benzene rings is 1. The summed E-state index contributed by atoms with van der Waals surface area (Å²) in [5, 5.41) is 4.39. The second kappa shape index (κ2) is 6.37. The number of aromatic nitrogens is 3. The molecule has 3 rings (SSSR count). The van der Waals surface area contributed by atoms with Crippen molar-refractivity contribution in [3.05, 3.63) is 54.2 Å². The monoisotopic (exact) mass is 282 g/mol. The maximum atomic E-state index is 5.81. The highest BCUT2D eigenvalue weighted by Gasteiger charge is 2.02. The molecule has 2 heterocycles. The van der Waals surface area contributed by atoms with Crippen molar-refractivity contribution >= 4 is 10.9 Å². The SMILES string of the molecule is Cc1cnc(CNCCOc2cccc3cccnc23)[nH]1. The van der Waals surface area contributed by atoms with Gasteiger partial charge in [-0.25, -0.2) is 4.98 Å². The molecule has 0 unspecified atom stereocenters. The summed E-state index contributed by atoms with van der Waals surface area (Å²) in [6.07, 6.45) is 3.61. The number of nitrogens with zero attached hydrogens (tertiary/aromatic N) is 2. The quantitative estimate of drug-likeness (QED) is 0.682. The molecule has 2 aromatic heterocycles. The standard InChI is InChI=1S/C16H18N4O/c1-12-10-19-15(20-12)11-17-8-9-21-14-6-2-4-13-5-3-7-18-16(13)14/h2-7,10,17H,8-9,11H2,1H3,(H,19,20). The van der Waals surface area contributed by atoms with E-state index in [4.69, 9.17) is 4.74 Å². The molecule has 2 N–H and O–H groups in total. The third-order valence-corrected chi connectivity index (χ3v) is 3.18. The number of para-hydroxylation sites is 1. The zero-order chi connectivity index (χ0) is 14.5. The Morgan fingerprint density at radius 3 is 2.95 bits per heavy atom. The van der Waals surface area contributed by atoms with E-state index in [-0.39, 0.29) is 0 Å². The lowest BCUT2D eigenvalue weighted by Crippen LogP contribution is -2.21. The fourth-order valence-corrected chi connectivity index (χ4v) is 2.19. The zero-order valence-corrected chi connectivity index (χ0v) is 12.0. The number of pyridine rings is 1. The van der Waals surface area contributed by atoms with Crippen LogP contribution in [0, 0.1) is 6.92 Å². The second-order valence-corrected chi connectivity index (χ2v) is 4.87. The summed E-state index contributed by atoms with van der Waals surface area (Å²) in [6.45, 7) is 4.05. The second-order valence-electron chi connectivity index (χ2n) is 4.87. The molecule has 108 valence electrons. The molecule has 0 amide bonds. The van der Waals surface area contributed by atoms with Crippen molar-refractivity contribution in [2.75, 3.05) is 13.2 Å². The molecule has 0 spiro atoms. The fourth-order valence-electron chi connectivity index (χ4n) is 2.19. The molecule has 0 atom stereocenters. The maximum absolute atomic E-state index is 5.81. The van der Waals surface area contributed by atoms with E-state index in [9.17, 15) is 0 Å². The summed E-state index contributed by atoms with van der Waals surface area (Å²) >= 11 is 0. The topological polar surface area (TPSA) is 62.8 Å². The van der Waals surface area contributed by atoms with Crippen LogP contribution < -0.4 is 10.1 Å². The Morgan fingerprint density at radius 2 is 2.10 bits per heavy atom. The van der Waals surface area contributed by atoms with Gasteiger partial charge in [-0.2, -0.15) is 0 Å². The smallest absolute Gasteiger partial charge is 0.145 e. The van der Waals surface area contributed by atoms with Crippen molar-refractivity contribution in [3.63, 3.8) is 0 Å². The van der Waals surface area contributed by atoms with Crippen LogP contribution in [0.25, 0.3) is 10.9 Å². The van der Waals surface area contributed by atoms with Gasteiger partial charge >= 0.3 is 0 Å². The van der Waals surface area contributed by atoms with Crippen LogP contribution in [0.15, 0.2) is 42.7 Å². The van der Waals surface area contributed by atoms with Crippen LogP contribution >= 0.6 is 0 Å². The lowest BCUT2D eigenvalue weighted by molar-refractivity contribution is 0.316. The minimum Gasteiger partial charge on any atom is -0.490 e. The number of nitrogens with one attached hydrogen (secondary N) is 2. The maximum Gasteiger partial charge on any atom is 0.145 e. The highest BCUT2D eigenvalue weighted by atomic mass is 16.5. The predicted molar refractivity (Wildman–Crippen MR) is 82.3 cm³/mol. The summed E-state index contributed by atoms with van der Waals surface area (Å²) in [5.41, 5.74) is 1.98. The van der Waals surface area contributed by atoms with Gasteiger partial charge in [0.25, 0.3) is 0 Å². The first-order chi connectivity index (χ1) is 10.3. The van der Waals surface area contributed by atoms with Gasteiger partial charge in [0, 0.05) is 30.0 Å². The van der Waals surface area contributed by atoms with Gasteiger partial charge in [0.1, 0.15) is 23.7 Å². The molecular formula is C16H18N4O. The van der Waals surface area contributed by atoms with E-state index in [0.717, 1.165) is 34.7 Å². The van der Waals surface area contributed by atoms with Gasteiger partial charge in [-0.1, -0.05) is 18.2 Å². The van der Waals surface area contributed by atoms with Crippen molar-refractivity contribution in [1.82, 2.24) is 20.3 Å². The number of hydrogen-bond acceptors (Lipinski definition) is 4. The summed E-state index contributed by atoms with van der Waals surface area (Å²) in [7, 11) is 0. The van der Waals surface area contributed by atoms with Crippen molar-refractivity contribution in [2.24, 2.45) is 0 Å². The van der Waals surface area contributed by atoms with Crippen LogP contribution in [0.5, 0.6) is 5.75 Å². The van der Waals surface area contributed by atoms with Gasteiger partial charge in [0.05, 0.1) is 6.54 Å². The molecule has 0 aliphatic heterocycles. The van der Waals surface area contributed by atoms with Gasteiger partial charge in [0.15, 0.2) is 0 Å². The minimum atomic E-state index is 0.593. The first-order valence-electron chi connectivity index (χ1n) is 7.01. The molecule has 0 aliphatic carbocycles. The largest absolute Gasteiger partial charge is 0.490 e. The van der Waals surface area contributed by atoms with E-state index >= 15 is 0 Å². The van der Waals surface area contributed by atoms with E-state index in [0.29, 0.717) is 13.2 Å². The van der Waals surface area contributed by atoms with Crippen LogP contribution in [0.2, 0.25) is 0 Å². The highest BCUT2D eigenvalue weighted by Crippen LogP contribution is 2.22. The Balaban J connectivity index is 1.50. The molecule has 5 nitrogen and oxygen atoms in total. The number of aryl methyl sites for hydroxylation is 1. The summed E-state index contributed by atoms with van der Waals surface area (Å²) < 4.78 is 5.81. The van der Waals surface area contributed by atoms with E-state index < -0.39 is 0 Å². The number of fused-ring (bicyclic) bond motifs is 1. The van der Waals surface area contributed by atoms with Gasteiger partial charge < -0.3 is 15.0 Å². The molecule has 5 heteroatoms. The van der Waals surface area contributed by atoms with Gasteiger partial charge in [-0.15, -0.1) is 0 Å². The van der Waals surface area contributed by atoms with Crippen molar-refractivity contribution in [3.8, 4) is 5.75 Å². The summed E-state index contributed by atoms with van der Waals surface area (Å²) in [5.74, 6) is 1.77. The number of imidazole rings is 1. The minimum absolute atomic E-state index is 0.593. The fraction of sp³-hybridized carbons (Fsp3) is 0.250. The third kappa shape index (κ3) is 3.38. The highest BCUT2D eigenvalue weighted by molar-refractivity contribution is 5.84. The number of ether oxygens (including phenoxy) is 1. The first-order valence-corrected chi connectivity index (χ1v) is 7.01. The average Bonchev–Trinajstić information content (AvgIpc) is 2.92. The van der Waals surface area contributed by atoms with Crippen molar-refractivity contribution < 1.29 is 4.74 Å². The predicted octanol–water partition coefficient (Wildman–Crippen LogP) is 2.43. The zero-order valence-electron chi connectivity index (χ0n) is 12.0. The Labute approximate surface area is 123 Å². The molecule has 0 fully saturated rings. The molecule has 0 saturated carbocycles. The lowest BCUT2D eigenvalue weighted by Gasteiger charge is -2.09. The molecule has 0 bridgehead atoms. The van der Waals surface area contributed by atoms with Gasteiger partial charge in [-0.05, 0) is 19.1 Å². The Bertz CT molecular complexity index is 718. The van der Waals surface area contributed by atoms with Gasteiger partial charge in [0.2, 0.25) is 0 Å². The summed E-state index contributed by atoms with van der Waals surface area (Å²) in [6, 6.07) is 9.93. The molecular weight excluding hydrogens is 264 g/mol. The Hall–Kier alpha value is -2.40.